The van der Waals surface area contributed by atoms with Gasteiger partial charge < -0.3 is 14.8 Å². The number of hydrogen-bond donors (Lipinski definition) is 1. The summed E-state index contributed by atoms with van der Waals surface area (Å²) in [7, 11) is 0. The van der Waals surface area contributed by atoms with Gasteiger partial charge in [-0.15, -0.1) is 0 Å². The number of ether oxygens (including phenoxy) is 2. The Morgan fingerprint density at radius 2 is 1.88 bits per heavy atom. The van der Waals surface area contributed by atoms with Crippen molar-refractivity contribution in [3.8, 4) is 5.88 Å². The van der Waals surface area contributed by atoms with E-state index in [0.717, 1.165) is 30.8 Å². The van der Waals surface area contributed by atoms with E-state index in [1.165, 1.54) is 38.5 Å². The maximum atomic E-state index is 12.8. The fourth-order valence-electron chi connectivity index (χ4n) is 5.94. The number of carbonyl (C=O) groups is 1. The van der Waals surface area contributed by atoms with Crippen molar-refractivity contribution in [1.29, 1.82) is 0 Å². The third kappa shape index (κ3) is 3.03. The number of amides is 1. The van der Waals surface area contributed by atoms with Gasteiger partial charge in [-0.05, 0) is 62.3 Å². The molecule has 134 valence electrons. The van der Waals surface area contributed by atoms with Crippen molar-refractivity contribution in [2.45, 2.75) is 56.6 Å². The smallest absolute Gasteiger partial charge is 0.253 e. The molecule has 5 fully saturated rings. The molecular weight excluding hydrogens is 316 g/mol. The lowest BCUT2D eigenvalue weighted by Gasteiger charge is -2.56. The first-order chi connectivity index (χ1) is 12.2. The molecule has 1 aromatic rings. The Balaban J connectivity index is 1.25. The van der Waals surface area contributed by atoms with Crippen LogP contribution in [0.2, 0.25) is 0 Å². The van der Waals surface area contributed by atoms with Gasteiger partial charge in [-0.3, -0.25) is 4.79 Å². The Morgan fingerprint density at radius 3 is 2.44 bits per heavy atom. The minimum atomic E-state index is 0.0187. The van der Waals surface area contributed by atoms with Crippen molar-refractivity contribution in [2.24, 2.45) is 17.8 Å². The van der Waals surface area contributed by atoms with Gasteiger partial charge in [-0.2, -0.15) is 0 Å². The first kappa shape index (κ1) is 15.6. The second-order valence-electron chi connectivity index (χ2n) is 8.64. The average Bonchev–Trinajstić information content (AvgIpc) is 3.06. The Labute approximate surface area is 148 Å². The second-order valence-corrected chi connectivity index (χ2v) is 8.64. The number of pyridine rings is 1. The molecule has 0 unspecified atom stereocenters. The summed E-state index contributed by atoms with van der Waals surface area (Å²) in [6, 6.07) is 3.63. The fourth-order valence-corrected chi connectivity index (χ4v) is 5.94. The van der Waals surface area contributed by atoms with Crippen LogP contribution in [0.25, 0.3) is 0 Å². The average molecular weight is 342 g/mol. The van der Waals surface area contributed by atoms with E-state index in [-0.39, 0.29) is 17.6 Å². The van der Waals surface area contributed by atoms with Crippen LogP contribution in [0.15, 0.2) is 18.3 Å². The molecule has 0 aromatic carbocycles. The van der Waals surface area contributed by atoms with Crippen LogP contribution in [-0.2, 0) is 4.74 Å². The number of carbonyl (C=O) groups excluding carboxylic acids is 1. The molecule has 5 nitrogen and oxygen atoms in total. The summed E-state index contributed by atoms with van der Waals surface area (Å²) in [4.78, 5) is 17.1. The molecule has 2 heterocycles. The highest BCUT2D eigenvalue weighted by Gasteiger charge is 2.51. The Morgan fingerprint density at radius 1 is 1.16 bits per heavy atom. The molecule has 4 bridgehead atoms. The van der Waals surface area contributed by atoms with Gasteiger partial charge in [0.2, 0.25) is 5.88 Å². The molecule has 1 aromatic heterocycles. The Kier molecular flexibility index (Phi) is 3.73. The third-order valence-corrected chi connectivity index (χ3v) is 6.59. The molecule has 0 spiro atoms. The standard InChI is InChI=1S/C20H26N2O3/c23-19(16-1-2-18(21-11-16)25-17-3-4-24-12-17)22-20-8-13-5-14(9-20)7-15(6-13)10-20/h1-2,11,13-15,17H,3-10,12H2,(H,22,23)/t13?,14?,15?,17-,20?/m1/s1. The topological polar surface area (TPSA) is 60.5 Å². The maximum absolute atomic E-state index is 12.8. The van der Waals surface area contributed by atoms with E-state index in [1.807, 2.05) is 6.07 Å². The van der Waals surface area contributed by atoms with Crippen molar-refractivity contribution in [3.63, 3.8) is 0 Å². The van der Waals surface area contributed by atoms with Gasteiger partial charge in [0.1, 0.15) is 6.10 Å². The van der Waals surface area contributed by atoms with Gasteiger partial charge in [0, 0.05) is 24.2 Å². The highest BCUT2D eigenvalue weighted by Crippen LogP contribution is 2.55. The van der Waals surface area contributed by atoms with E-state index >= 15 is 0 Å². The summed E-state index contributed by atoms with van der Waals surface area (Å²) in [5.41, 5.74) is 0.674. The zero-order chi connectivity index (χ0) is 16.9. The normalized spacial score (nSPS) is 38.7. The number of nitrogens with zero attached hydrogens (tertiary/aromatic N) is 1. The third-order valence-electron chi connectivity index (χ3n) is 6.59. The predicted molar refractivity (Wildman–Crippen MR) is 92.5 cm³/mol. The van der Waals surface area contributed by atoms with Gasteiger partial charge in [0.05, 0.1) is 18.8 Å². The highest BCUT2D eigenvalue weighted by molar-refractivity contribution is 5.94. The molecule has 4 aliphatic carbocycles. The molecule has 1 amide bonds. The molecule has 6 rings (SSSR count). The van der Waals surface area contributed by atoms with Crippen molar-refractivity contribution < 1.29 is 14.3 Å². The molecule has 5 aliphatic rings. The maximum Gasteiger partial charge on any atom is 0.253 e. The van der Waals surface area contributed by atoms with Crippen LogP contribution in [0.1, 0.15) is 55.3 Å². The fraction of sp³-hybridized carbons (Fsp3) is 0.700. The van der Waals surface area contributed by atoms with Crippen LogP contribution in [0.3, 0.4) is 0 Å². The van der Waals surface area contributed by atoms with Crippen LogP contribution >= 0.6 is 0 Å². The predicted octanol–water partition coefficient (Wildman–Crippen LogP) is 2.95. The molecule has 1 atom stereocenters. The van der Waals surface area contributed by atoms with Crippen LogP contribution in [0, 0.1) is 17.8 Å². The molecule has 4 saturated carbocycles. The molecule has 5 heteroatoms. The SMILES string of the molecule is O=C(NC12CC3CC(CC(C3)C1)C2)c1ccc(O[C@@H]2CCOC2)nc1. The van der Waals surface area contributed by atoms with Gasteiger partial charge in [0.25, 0.3) is 5.91 Å². The van der Waals surface area contributed by atoms with Gasteiger partial charge in [-0.1, -0.05) is 0 Å². The monoisotopic (exact) mass is 342 g/mol. The molecule has 0 radical (unpaired) electrons. The first-order valence-corrected chi connectivity index (χ1v) is 9.70. The van der Waals surface area contributed by atoms with Crippen molar-refractivity contribution >= 4 is 5.91 Å². The Hall–Kier alpha value is -1.62. The summed E-state index contributed by atoms with van der Waals surface area (Å²) in [6.07, 6.45) is 10.3. The summed E-state index contributed by atoms with van der Waals surface area (Å²) >= 11 is 0. The van der Waals surface area contributed by atoms with E-state index in [4.69, 9.17) is 9.47 Å². The molecule has 1 saturated heterocycles. The van der Waals surface area contributed by atoms with E-state index in [9.17, 15) is 4.79 Å². The number of nitrogens with one attached hydrogen (secondary N) is 1. The Bertz CT molecular complexity index is 616. The van der Waals surface area contributed by atoms with Gasteiger partial charge >= 0.3 is 0 Å². The summed E-state index contributed by atoms with van der Waals surface area (Å²) < 4.78 is 11.1. The second kappa shape index (κ2) is 5.97. The van der Waals surface area contributed by atoms with E-state index < -0.39 is 0 Å². The lowest BCUT2D eigenvalue weighted by molar-refractivity contribution is -0.0167. The zero-order valence-electron chi connectivity index (χ0n) is 14.6. The minimum Gasteiger partial charge on any atom is -0.472 e. The van der Waals surface area contributed by atoms with E-state index in [1.54, 1.807) is 12.3 Å². The lowest BCUT2D eigenvalue weighted by atomic mass is 9.53. The minimum absolute atomic E-state index is 0.0187. The highest BCUT2D eigenvalue weighted by atomic mass is 16.5. The van der Waals surface area contributed by atoms with E-state index in [0.29, 0.717) is 18.1 Å². The zero-order valence-corrected chi connectivity index (χ0v) is 14.6. The van der Waals surface area contributed by atoms with Crippen LogP contribution < -0.4 is 10.1 Å². The number of rotatable bonds is 4. The van der Waals surface area contributed by atoms with Gasteiger partial charge in [-0.25, -0.2) is 4.98 Å². The van der Waals surface area contributed by atoms with Crippen LogP contribution in [-0.4, -0.2) is 35.7 Å². The lowest BCUT2D eigenvalue weighted by Crippen LogP contribution is -2.59. The summed E-state index contributed by atoms with van der Waals surface area (Å²) in [5.74, 6) is 3.07. The van der Waals surface area contributed by atoms with Crippen LogP contribution in [0.4, 0.5) is 0 Å². The first-order valence-electron chi connectivity index (χ1n) is 9.70. The molecule has 1 N–H and O–H groups in total. The van der Waals surface area contributed by atoms with E-state index in [2.05, 4.69) is 10.3 Å². The van der Waals surface area contributed by atoms with Crippen molar-refractivity contribution in [3.05, 3.63) is 23.9 Å². The largest absolute Gasteiger partial charge is 0.472 e. The number of hydrogen-bond acceptors (Lipinski definition) is 4. The molecular formula is C20H26N2O3. The number of aromatic nitrogens is 1. The summed E-state index contributed by atoms with van der Waals surface area (Å²) in [6.45, 7) is 1.37. The quantitative estimate of drug-likeness (QED) is 0.914. The molecule has 25 heavy (non-hydrogen) atoms. The summed E-state index contributed by atoms with van der Waals surface area (Å²) in [5, 5.41) is 3.39. The molecule has 1 aliphatic heterocycles. The van der Waals surface area contributed by atoms with Crippen LogP contribution in [0.5, 0.6) is 5.88 Å². The van der Waals surface area contributed by atoms with Crippen molar-refractivity contribution in [2.75, 3.05) is 13.2 Å². The van der Waals surface area contributed by atoms with Crippen molar-refractivity contribution in [1.82, 2.24) is 10.3 Å². The van der Waals surface area contributed by atoms with Gasteiger partial charge in [0.15, 0.2) is 0 Å².